The van der Waals surface area contributed by atoms with E-state index in [2.05, 4.69) is 31.7 Å². The van der Waals surface area contributed by atoms with Gasteiger partial charge in [0.2, 0.25) is 0 Å². The lowest BCUT2D eigenvalue weighted by Gasteiger charge is -2.23. The van der Waals surface area contributed by atoms with E-state index in [0.717, 1.165) is 11.8 Å². The van der Waals surface area contributed by atoms with Crippen molar-refractivity contribution >= 4 is 0 Å². The van der Waals surface area contributed by atoms with E-state index in [1.54, 1.807) is 0 Å². The van der Waals surface area contributed by atoms with Crippen molar-refractivity contribution in [3.8, 4) is 0 Å². The summed E-state index contributed by atoms with van der Waals surface area (Å²) in [7, 11) is 0. The third-order valence-corrected chi connectivity index (χ3v) is 2.67. The van der Waals surface area contributed by atoms with Gasteiger partial charge in [0.05, 0.1) is 0 Å². The molecule has 2 atom stereocenters. The standard InChI is InChI=1S/C12H20/c1-3-6-11-8-5-9-12(10-11)7-4-2/h3,5,9,11-12H,1,4,6-8,10H2,2H3. The molecule has 0 amide bonds. The third kappa shape index (κ3) is 2.84. The van der Waals surface area contributed by atoms with E-state index >= 15 is 0 Å². The normalized spacial score (nSPS) is 28.8. The number of hydrogen-bond donors (Lipinski definition) is 0. The van der Waals surface area contributed by atoms with E-state index in [4.69, 9.17) is 0 Å². The Morgan fingerprint density at radius 2 is 2.42 bits per heavy atom. The summed E-state index contributed by atoms with van der Waals surface area (Å²) in [5.74, 6) is 1.73. The van der Waals surface area contributed by atoms with Gasteiger partial charge in [-0.1, -0.05) is 31.6 Å². The molecule has 1 aliphatic carbocycles. The molecule has 0 radical (unpaired) electrons. The van der Waals surface area contributed by atoms with Crippen LogP contribution in [0.5, 0.6) is 0 Å². The maximum absolute atomic E-state index is 3.80. The van der Waals surface area contributed by atoms with E-state index in [9.17, 15) is 0 Å². The van der Waals surface area contributed by atoms with Gasteiger partial charge in [-0.05, 0) is 37.5 Å². The summed E-state index contributed by atoms with van der Waals surface area (Å²) < 4.78 is 0. The van der Waals surface area contributed by atoms with Crippen LogP contribution in [0, 0.1) is 11.8 Å². The van der Waals surface area contributed by atoms with E-state index in [0.29, 0.717) is 0 Å². The number of allylic oxidation sites excluding steroid dienone is 3. The first-order valence-corrected chi connectivity index (χ1v) is 5.14. The molecule has 0 saturated heterocycles. The van der Waals surface area contributed by atoms with Gasteiger partial charge in [-0.2, -0.15) is 0 Å². The zero-order valence-electron chi connectivity index (χ0n) is 8.13. The molecule has 0 nitrogen and oxygen atoms in total. The Balaban J connectivity index is 2.34. The molecule has 0 aromatic rings. The van der Waals surface area contributed by atoms with Crippen molar-refractivity contribution in [1.82, 2.24) is 0 Å². The van der Waals surface area contributed by atoms with Crippen molar-refractivity contribution in [2.75, 3.05) is 0 Å². The summed E-state index contributed by atoms with van der Waals surface area (Å²) >= 11 is 0. The van der Waals surface area contributed by atoms with Crippen LogP contribution in [0.2, 0.25) is 0 Å². The average molecular weight is 164 g/mol. The molecule has 0 N–H and O–H groups in total. The zero-order valence-corrected chi connectivity index (χ0v) is 8.13. The SMILES string of the molecule is C=CCC1CC=CC(CCC)C1. The molecule has 0 aromatic heterocycles. The van der Waals surface area contributed by atoms with Gasteiger partial charge in [0.15, 0.2) is 0 Å². The second-order valence-corrected chi connectivity index (χ2v) is 3.84. The van der Waals surface area contributed by atoms with Gasteiger partial charge in [0.1, 0.15) is 0 Å². The summed E-state index contributed by atoms with van der Waals surface area (Å²) in [5, 5.41) is 0. The van der Waals surface area contributed by atoms with Gasteiger partial charge in [0, 0.05) is 0 Å². The molecule has 0 heteroatoms. The van der Waals surface area contributed by atoms with Crippen LogP contribution in [0.25, 0.3) is 0 Å². The summed E-state index contributed by atoms with van der Waals surface area (Å²) in [6.45, 7) is 6.07. The molecule has 12 heavy (non-hydrogen) atoms. The Morgan fingerprint density at radius 1 is 1.58 bits per heavy atom. The molecule has 0 saturated carbocycles. The molecule has 1 aliphatic rings. The van der Waals surface area contributed by atoms with Gasteiger partial charge in [-0.25, -0.2) is 0 Å². The van der Waals surface area contributed by atoms with Gasteiger partial charge in [-0.3, -0.25) is 0 Å². The smallest absolute Gasteiger partial charge is 0.0231 e. The maximum atomic E-state index is 3.80. The van der Waals surface area contributed by atoms with E-state index in [1.165, 1.54) is 32.1 Å². The second kappa shape index (κ2) is 5.18. The first-order chi connectivity index (χ1) is 5.86. The molecule has 0 heterocycles. The van der Waals surface area contributed by atoms with Crippen molar-refractivity contribution < 1.29 is 0 Å². The monoisotopic (exact) mass is 164 g/mol. The van der Waals surface area contributed by atoms with Crippen molar-refractivity contribution in [2.45, 2.75) is 39.0 Å². The molecule has 0 spiro atoms. The second-order valence-electron chi connectivity index (χ2n) is 3.84. The van der Waals surface area contributed by atoms with Crippen molar-refractivity contribution in [3.05, 3.63) is 24.8 Å². The predicted molar refractivity (Wildman–Crippen MR) is 55.1 cm³/mol. The fourth-order valence-corrected chi connectivity index (χ4v) is 2.08. The molecular weight excluding hydrogens is 144 g/mol. The maximum Gasteiger partial charge on any atom is -0.0231 e. The summed E-state index contributed by atoms with van der Waals surface area (Å²) in [6, 6.07) is 0. The van der Waals surface area contributed by atoms with Crippen LogP contribution in [0.4, 0.5) is 0 Å². The van der Waals surface area contributed by atoms with Crippen molar-refractivity contribution in [3.63, 3.8) is 0 Å². The lowest BCUT2D eigenvalue weighted by atomic mass is 9.83. The quantitative estimate of drug-likeness (QED) is 0.552. The Morgan fingerprint density at radius 3 is 3.08 bits per heavy atom. The highest BCUT2D eigenvalue weighted by Crippen LogP contribution is 2.28. The van der Waals surface area contributed by atoms with E-state index in [1.807, 2.05) is 0 Å². The molecule has 2 unspecified atom stereocenters. The van der Waals surface area contributed by atoms with Crippen molar-refractivity contribution in [1.29, 1.82) is 0 Å². The highest BCUT2D eigenvalue weighted by Gasteiger charge is 2.15. The van der Waals surface area contributed by atoms with Gasteiger partial charge < -0.3 is 0 Å². The summed E-state index contributed by atoms with van der Waals surface area (Å²) in [4.78, 5) is 0. The average Bonchev–Trinajstić information content (AvgIpc) is 2.06. The number of hydrogen-bond acceptors (Lipinski definition) is 0. The van der Waals surface area contributed by atoms with Crippen LogP contribution < -0.4 is 0 Å². The van der Waals surface area contributed by atoms with Gasteiger partial charge in [-0.15, -0.1) is 6.58 Å². The van der Waals surface area contributed by atoms with Crippen LogP contribution in [0.15, 0.2) is 24.8 Å². The van der Waals surface area contributed by atoms with Crippen LogP contribution in [0.3, 0.4) is 0 Å². The minimum absolute atomic E-state index is 0.855. The number of rotatable bonds is 4. The minimum atomic E-state index is 0.855. The van der Waals surface area contributed by atoms with Crippen LogP contribution in [-0.2, 0) is 0 Å². The largest absolute Gasteiger partial charge is 0.103 e. The minimum Gasteiger partial charge on any atom is -0.103 e. The summed E-state index contributed by atoms with van der Waals surface area (Å²) in [5.41, 5.74) is 0. The van der Waals surface area contributed by atoms with E-state index in [-0.39, 0.29) is 0 Å². The molecular formula is C12H20. The summed E-state index contributed by atoms with van der Waals surface area (Å²) in [6.07, 6.45) is 13.4. The fraction of sp³-hybridized carbons (Fsp3) is 0.667. The Labute approximate surface area is 76.4 Å². The van der Waals surface area contributed by atoms with Crippen LogP contribution in [0.1, 0.15) is 39.0 Å². The van der Waals surface area contributed by atoms with Gasteiger partial charge >= 0.3 is 0 Å². The highest BCUT2D eigenvalue weighted by molar-refractivity contribution is 4.97. The lowest BCUT2D eigenvalue weighted by Crippen LogP contribution is -2.10. The molecule has 0 fully saturated rings. The first kappa shape index (κ1) is 9.57. The Hall–Kier alpha value is -0.520. The fourth-order valence-electron chi connectivity index (χ4n) is 2.08. The van der Waals surface area contributed by atoms with Gasteiger partial charge in [0.25, 0.3) is 0 Å². The zero-order chi connectivity index (χ0) is 8.81. The van der Waals surface area contributed by atoms with Crippen LogP contribution >= 0.6 is 0 Å². The molecule has 0 aliphatic heterocycles. The topological polar surface area (TPSA) is 0 Å². The molecule has 1 rings (SSSR count). The first-order valence-electron chi connectivity index (χ1n) is 5.14. The molecule has 0 aromatic carbocycles. The lowest BCUT2D eigenvalue weighted by molar-refractivity contribution is 0.384. The van der Waals surface area contributed by atoms with E-state index < -0.39 is 0 Å². The highest BCUT2D eigenvalue weighted by atomic mass is 14.2. The predicted octanol–water partition coefficient (Wildman–Crippen LogP) is 3.95. The van der Waals surface area contributed by atoms with Crippen molar-refractivity contribution in [2.24, 2.45) is 11.8 Å². The molecule has 0 bridgehead atoms. The molecule has 68 valence electrons. The third-order valence-electron chi connectivity index (χ3n) is 2.67. The van der Waals surface area contributed by atoms with Crippen LogP contribution in [-0.4, -0.2) is 0 Å². The Kier molecular flexibility index (Phi) is 4.13. The Bertz CT molecular complexity index is 155.